The highest BCUT2D eigenvalue weighted by Gasteiger charge is 2.20. The van der Waals surface area contributed by atoms with Crippen LogP contribution in [0, 0.1) is 0 Å². The number of nitrogens with one attached hydrogen (secondary N) is 1. The zero-order valence-electron chi connectivity index (χ0n) is 14.0. The maximum Gasteiger partial charge on any atom is 0.232 e. The second-order valence-electron chi connectivity index (χ2n) is 6.40. The first-order valence-corrected chi connectivity index (χ1v) is 9.25. The lowest BCUT2D eigenvalue weighted by Crippen LogP contribution is -2.42. The Balaban J connectivity index is 2.84. The Kier molecular flexibility index (Phi) is 6.00. The minimum Gasteiger partial charge on any atom is -0.351 e. The molecule has 0 unspecified atom stereocenters. The maximum atomic E-state index is 12.0. The largest absolute Gasteiger partial charge is 0.351 e. The first-order chi connectivity index (χ1) is 10.0. The molecule has 0 bridgehead atoms. The van der Waals surface area contributed by atoms with E-state index in [1.54, 1.807) is 12.1 Å². The molecule has 0 fully saturated rings. The van der Waals surface area contributed by atoms with Gasteiger partial charge in [-0.3, -0.25) is 9.10 Å². The van der Waals surface area contributed by atoms with E-state index in [1.807, 2.05) is 39.8 Å². The van der Waals surface area contributed by atoms with E-state index in [0.29, 0.717) is 5.69 Å². The normalized spacial score (nSPS) is 12.0. The third-order valence-electron chi connectivity index (χ3n) is 3.09. The summed E-state index contributed by atoms with van der Waals surface area (Å²) >= 11 is 0. The molecule has 1 N–H and O–H groups in total. The van der Waals surface area contributed by atoms with E-state index in [9.17, 15) is 13.2 Å². The Morgan fingerprint density at radius 3 is 2.14 bits per heavy atom. The molecule has 1 rings (SSSR count). The number of nitrogens with zero attached hydrogens (tertiary/aromatic N) is 1. The SMILES string of the molecule is CCc1ccc(N(CCC(=O)NC(C)(C)C)S(C)(=O)=O)cc1. The number of rotatable bonds is 6. The minimum absolute atomic E-state index is 0.125. The second kappa shape index (κ2) is 7.13. The number of anilines is 1. The highest BCUT2D eigenvalue weighted by atomic mass is 32.2. The molecule has 0 radical (unpaired) electrons. The summed E-state index contributed by atoms with van der Waals surface area (Å²) in [7, 11) is -3.42. The van der Waals surface area contributed by atoms with Crippen molar-refractivity contribution in [3.63, 3.8) is 0 Å². The number of aryl methyl sites for hydroxylation is 1. The number of benzene rings is 1. The molecule has 0 aliphatic carbocycles. The van der Waals surface area contributed by atoms with Gasteiger partial charge in [-0.25, -0.2) is 8.42 Å². The van der Waals surface area contributed by atoms with Gasteiger partial charge in [-0.1, -0.05) is 19.1 Å². The third-order valence-corrected chi connectivity index (χ3v) is 4.28. The van der Waals surface area contributed by atoms with Gasteiger partial charge in [0.05, 0.1) is 11.9 Å². The molecule has 0 saturated heterocycles. The summed E-state index contributed by atoms with van der Waals surface area (Å²) in [6.45, 7) is 7.85. The molecule has 0 spiro atoms. The topological polar surface area (TPSA) is 66.5 Å². The molecule has 124 valence electrons. The zero-order valence-corrected chi connectivity index (χ0v) is 14.8. The van der Waals surface area contributed by atoms with Gasteiger partial charge in [0.1, 0.15) is 0 Å². The molecule has 22 heavy (non-hydrogen) atoms. The molecule has 0 aliphatic heterocycles. The van der Waals surface area contributed by atoms with Gasteiger partial charge in [-0.05, 0) is 44.9 Å². The molecule has 0 saturated carbocycles. The lowest BCUT2D eigenvalue weighted by Gasteiger charge is -2.24. The highest BCUT2D eigenvalue weighted by molar-refractivity contribution is 7.92. The van der Waals surface area contributed by atoms with Gasteiger partial charge in [-0.15, -0.1) is 0 Å². The number of amides is 1. The first-order valence-electron chi connectivity index (χ1n) is 7.40. The first kappa shape index (κ1) is 18.5. The zero-order chi connectivity index (χ0) is 17.0. The lowest BCUT2D eigenvalue weighted by molar-refractivity contribution is -0.122. The van der Waals surface area contributed by atoms with E-state index < -0.39 is 10.0 Å². The molecule has 1 aromatic carbocycles. The fourth-order valence-corrected chi connectivity index (χ4v) is 3.00. The summed E-state index contributed by atoms with van der Waals surface area (Å²) in [6.07, 6.45) is 2.18. The van der Waals surface area contributed by atoms with Crippen LogP contribution in [0.1, 0.15) is 39.7 Å². The lowest BCUT2D eigenvalue weighted by atomic mass is 10.1. The van der Waals surface area contributed by atoms with Crippen LogP contribution in [-0.2, 0) is 21.2 Å². The predicted octanol–water partition coefficient (Wildman–Crippen LogP) is 2.32. The van der Waals surface area contributed by atoms with E-state index in [2.05, 4.69) is 5.32 Å². The predicted molar refractivity (Wildman–Crippen MR) is 90.5 cm³/mol. The average molecular weight is 326 g/mol. The number of carbonyl (C=O) groups is 1. The van der Waals surface area contributed by atoms with Crippen molar-refractivity contribution in [2.45, 2.75) is 46.1 Å². The quantitative estimate of drug-likeness (QED) is 0.872. The Morgan fingerprint density at radius 2 is 1.73 bits per heavy atom. The molecule has 0 aromatic heterocycles. The van der Waals surface area contributed by atoms with E-state index in [0.717, 1.165) is 18.2 Å². The van der Waals surface area contributed by atoms with Crippen LogP contribution in [0.25, 0.3) is 0 Å². The summed E-state index contributed by atoms with van der Waals surface area (Å²) < 4.78 is 25.2. The van der Waals surface area contributed by atoms with Gasteiger partial charge in [-0.2, -0.15) is 0 Å². The summed E-state index contributed by atoms with van der Waals surface area (Å²) in [4.78, 5) is 11.9. The van der Waals surface area contributed by atoms with Crippen LogP contribution in [0.3, 0.4) is 0 Å². The number of sulfonamides is 1. The fourth-order valence-electron chi connectivity index (χ4n) is 2.07. The third kappa shape index (κ3) is 6.05. The summed E-state index contributed by atoms with van der Waals surface area (Å²) in [5.74, 6) is -0.161. The number of carbonyl (C=O) groups excluding carboxylic acids is 1. The van der Waals surface area contributed by atoms with Crippen LogP contribution in [-0.4, -0.2) is 32.7 Å². The van der Waals surface area contributed by atoms with E-state index in [-0.39, 0.29) is 24.4 Å². The molecule has 1 aromatic rings. The van der Waals surface area contributed by atoms with E-state index in [4.69, 9.17) is 0 Å². The van der Waals surface area contributed by atoms with Crippen LogP contribution in [0.2, 0.25) is 0 Å². The molecule has 0 aliphatic rings. The van der Waals surface area contributed by atoms with Crippen molar-refractivity contribution in [2.24, 2.45) is 0 Å². The van der Waals surface area contributed by atoms with Crippen molar-refractivity contribution in [1.29, 1.82) is 0 Å². The van der Waals surface area contributed by atoms with E-state index in [1.165, 1.54) is 4.31 Å². The van der Waals surface area contributed by atoms with Crippen molar-refractivity contribution >= 4 is 21.6 Å². The Hall–Kier alpha value is -1.56. The fraction of sp³-hybridized carbons (Fsp3) is 0.562. The van der Waals surface area contributed by atoms with Gasteiger partial charge in [0.15, 0.2) is 0 Å². The Morgan fingerprint density at radius 1 is 1.18 bits per heavy atom. The molecule has 6 heteroatoms. The van der Waals surface area contributed by atoms with Gasteiger partial charge < -0.3 is 5.32 Å². The van der Waals surface area contributed by atoms with Crippen LogP contribution < -0.4 is 9.62 Å². The maximum absolute atomic E-state index is 12.0. The molecular weight excluding hydrogens is 300 g/mol. The Labute approximate surface area is 133 Å². The van der Waals surface area contributed by atoms with E-state index >= 15 is 0 Å². The summed E-state index contributed by atoms with van der Waals surface area (Å²) in [5.41, 5.74) is 1.40. The van der Waals surface area contributed by atoms with Crippen LogP contribution in [0.15, 0.2) is 24.3 Å². The van der Waals surface area contributed by atoms with Crippen LogP contribution in [0.5, 0.6) is 0 Å². The van der Waals surface area contributed by atoms with Crippen molar-refractivity contribution in [3.05, 3.63) is 29.8 Å². The summed E-state index contributed by atoms with van der Waals surface area (Å²) in [6, 6.07) is 7.37. The minimum atomic E-state index is -3.42. The molecule has 1 amide bonds. The van der Waals surface area contributed by atoms with Gasteiger partial charge >= 0.3 is 0 Å². The Bertz CT molecular complexity index is 601. The number of hydrogen-bond acceptors (Lipinski definition) is 3. The van der Waals surface area contributed by atoms with Gasteiger partial charge in [0, 0.05) is 18.5 Å². The number of hydrogen-bond donors (Lipinski definition) is 1. The molecule has 0 heterocycles. The molecular formula is C16H26N2O3S. The van der Waals surface area contributed by atoms with Crippen LogP contribution >= 0.6 is 0 Å². The van der Waals surface area contributed by atoms with Crippen molar-refractivity contribution in [2.75, 3.05) is 17.1 Å². The van der Waals surface area contributed by atoms with Crippen LogP contribution in [0.4, 0.5) is 5.69 Å². The van der Waals surface area contributed by atoms with Gasteiger partial charge in [0.25, 0.3) is 0 Å². The second-order valence-corrected chi connectivity index (χ2v) is 8.31. The van der Waals surface area contributed by atoms with Gasteiger partial charge in [0.2, 0.25) is 15.9 Å². The van der Waals surface area contributed by atoms with Crippen molar-refractivity contribution in [1.82, 2.24) is 5.32 Å². The van der Waals surface area contributed by atoms with Crippen molar-refractivity contribution < 1.29 is 13.2 Å². The standard InChI is InChI=1S/C16H26N2O3S/c1-6-13-7-9-14(10-8-13)18(22(5,20)21)12-11-15(19)17-16(2,3)4/h7-10H,6,11-12H2,1-5H3,(H,17,19). The smallest absolute Gasteiger partial charge is 0.232 e. The monoisotopic (exact) mass is 326 g/mol. The highest BCUT2D eigenvalue weighted by Crippen LogP contribution is 2.19. The summed E-state index contributed by atoms with van der Waals surface area (Å²) in [5, 5.41) is 2.84. The molecule has 0 atom stereocenters. The average Bonchev–Trinajstić information content (AvgIpc) is 2.36. The molecule has 5 nitrogen and oxygen atoms in total. The van der Waals surface area contributed by atoms with Crippen molar-refractivity contribution in [3.8, 4) is 0 Å².